The number of hydrogen-bond acceptors (Lipinski definition) is 9. The van der Waals surface area contributed by atoms with E-state index in [0.717, 1.165) is 55.5 Å². The van der Waals surface area contributed by atoms with E-state index in [4.69, 9.17) is 14.5 Å². The molecule has 2 aromatic heterocycles. The second-order valence-electron chi connectivity index (χ2n) is 16.7. The molecule has 0 N–H and O–H groups in total. The SMILES string of the molecule is COc1ccc(C23CCC(CN(C(=O)C4CCC(OC(=O)N5CC(CS(C)(=O)=O)C5)CC4)c4cc(-c5cnn(C(C)C)c5)ncn4)(CC2)CC3)cc1C. The number of benzene rings is 1. The molecule has 4 aliphatic carbocycles. The quantitative estimate of drug-likeness (QED) is 0.214. The van der Waals surface area contributed by atoms with Crippen LogP contribution in [-0.2, 0) is 24.8 Å². The zero-order valence-corrected chi connectivity index (χ0v) is 32.6. The largest absolute Gasteiger partial charge is 0.496 e. The van der Waals surface area contributed by atoms with Crippen LogP contribution in [0, 0.1) is 24.2 Å². The number of carbonyl (C=O) groups is 2. The number of sulfone groups is 1. The molecule has 12 nitrogen and oxygen atoms in total. The van der Waals surface area contributed by atoms with Crippen LogP contribution < -0.4 is 9.64 Å². The molecule has 2 amide bonds. The fourth-order valence-corrected chi connectivity index (χ4v) is 10.3. The van der Waals surface area contributed by atoms with Crippen LogP contribution in [0.3, 0.4) is 0 Å². The van der Waals surface area contributed by atoms with Crippen molar-refractivity contribution >= 4 is 27.7 Å². The van der Waals surface area contributed by atoms with Gasteiger partial charge in [0.25, 0.3) is 0 Å². The van der Waals surface area contributed by atoms with E-state index in [1.54, 1.807) is 18.3 Å². The number of amides is 2. The van der Waals surface area contributed by atoms with E-state index in [-0.39, 0.29) is 46.5 Å². The van der Waals surface area contributed by atoms with Gasteiger partial charge >= 0.3 is 6.09 Å². The molecule has 0 atom stereocenters. The lowest BCUT2D eigenvalue weighted by atomic mass is 9.51. The molecule has 3 aromatic rings. The zero-order valence-electron chi connectivity index (χ0n) is 31.8. The van der Waals surface area contributed by atoms with E-state index in [9.17, 15) is 18.0 Å². The highest BCUT2D eigenvalue weighted by atomic mass is 32.2. The van der Waals surface area contributed by atoms with Crippen LogP contribution in [0.2, 0.25) is 0 Å². The third-order valence-electron chi connectivity index (χ3n) is 12.6. The van der Waals surface area contributed by atoms with E-state index in [1.807, 2.05) is 28.0 Å². The average Bonchev–Trinajstić information content (AvgIpc) is 3.64. The zero-order chi connectivity index (χ0) is 37.5. The van der Waals surface area contributed by atoms with Gasteiger partial charge in [-0.2, -0.15) is 5.10 Å². The van der Waals surface area contributed by atoms with Crippen LogP contribution in [0.5, 0.6) is 5.75 Å². The van der Waals surface area contributed by atoms with Crippen molar-refractivity contribution in [2.45, 2.75) is 103 Å². The Labute approximate surface area is 313 Å². The number of likely N-dealkylation sites (tertiary alicyclic amines) is 1. The van der Waals surface area contributed by atoms with Crippen LogP contribution in [0.15, 0.2) is 43.0 Å². The molecule has 4 saturated carbocycles. The number of rotatable bonds is 11. The minimum Gasteiger partial charge on any atom is -0.496 e. The maximum absolute atomic E-state index is 14.7. The summed E-state index contributed by atoms with van der Waals surface area (Å²) in [5, 5.41) is 4.52. The number of aromatic nitrogens is 4. The molecule has 1 aromatic carbocycles. The van der Waals surface area contributed by atoms with Gasteiger partial charge in [0.15, 0.2) is 0 Å². The van der Waals surface area contributed by atoms with Gasteiger partial charge in [0.1, 0.15) is 33.8 Å². The summed E-state index contributed by atoms with van der Waals surface area (Å²) in [5.74, 6) is 1.45. The summed E-state index contributed by atoms with van der Waals surface area (Å²) < 4.78 is 36.5. The predicted octanol–water partition coefficient (Wildman–Crippen LogP) is 6.54. The van der Waals surface area contributed by atoms with Gasteiger partial charge in [0.2, 0.25) is 5.91 Å². The number of nitrogens with zero attached hydrogens (tertiary/aromatic N) is 6. The van der Waals surface area contributed by atoms with Gasteiger partial charge in [0, 0.05) is 61.6 Å². The molecule has 13 heteroatoms. The van der Waals surface area contributed by atoms with E-state index in [0.29, 0.717) is 51.1 Å². The van der Waals surface area contributed by atoms with Gasteiger partial charge in [-0.1, -0.05) is 12.1 Å². The molecule has 5 aliphatic rings. The van der Waals surface area contributed by atoms with Crippen LogP contribution >= 0.6 is 0 Å². The number of aryl methyl sites for hydroxylation is 1. The summed E-state index contributed by atoms with van der Waals surface area (Å²) in [6.07, 6.45) is 14.8. The summed E-state index contributed by atoms with van der Waals surface area (Å²) in [7, 11) is -1.36. The van der Waals surface area contributed by atoms with E-state index >= 15 is 0 Å². The van der Waals surface area contributed by atoms with Gasteiger partial charge < -0.3 is 14.4 Å². The van der Waals surface area contributed by atoms with Crippen LogP contribution in [0.25, 0.3) is 11.3 Å². The fraction of sp³-hybridized carbons (Fsp3) is 0.625. The molecule has 1 aliphatic heterocycles. The summed E-state index contributed by atoms with van der Waals surface area (Å²) in [4.78, 5) is 40.3. The Morgan fingerprint density at radius 2 is 1.70 bits per heavy atom. The van der Waals surface area contributed by atoms with Gasteiger partial charge in [-0.05, 0) is 113 Å². The van der Waals surface area contributed by atoms with Crippen molar-refractivity contribution in [1.82, 2.24) is 24.6 Å². The number of hydrogen-bond donors (Lipinski definition) is 0. The first-order chi connectivity index (χ1) is 25.3. The molecule has 0 unspecified atom stereocenters. The molecule has 1 saturated heterocycles. The smallest absolute Gasteiger partial charge is 0.410 e. The molecular formula is C40H54N6O6S. The van der Waals surface area contributed by atoms with Crippen LogP contribution in [-0.4, -0.2) is 89.9 Å². The predicted molar refractivity (Wildman–Crippen MR) is 203 cm³/mol. The first-order valence-electron chi connectivity index (χ1n) is 19.2. The normalized spacial score (nSPS) is 26.0. The molecule has 5 fully saturated rings. The number of ether oxygens (including phenoxy) is 2. The molecule has 0 radical (unpaired) electrons. The van der Waals surface area contributed by atoms with Gasteiger partial charge in [-0.3, -0.25) is 14.4 Å². The Morgan fingerprint density at radius 3 is 2.30 bits per heavy atom. The van der Waals surface area contributed by atoms with Crippen LogP contribution in [0.1, 0.15) is 95.2 Å². The third-order valence-corrected chi connectivity index (χ3v) is 13.6. The summed E-state index contributed by atoms with van der Waals surface area (Å²) in [6.45, 7) is 7.69. The van der Waals surface area contributed by atoms with E-state index in [2.05, 4.69) is 49.1 Å². The van der Waals surface area contributed by atoms with Crippen molar-refractivity contribution in [2.75, 3.05) is 43.7 Å². The number of fused-ring (bicyclic) bond motifs is 3. The lowest BCUT2D eigenvalue weighted by molar-refractivity contribution is -0.124. The second-order valence-corrected chi connectivity index (χ2v) is 18.9. The molecule has 53 heavy (non-hydrogen) atoms. The molecule has 8 rings (SSSR count). The minimum atomic E-state index is -3.08. The summed E-state index contributed by atoms with van der Waals surface area (Å²) >= 11 is 0. The molecular weight excluding hydrogens is 693 g/mol. The first-order valence-corrected chi connectivity index (χ1v) is 21.3. The lowest BCUT2D eigenvalue weighted by Crippen LogP contribution is -2.53. The Kier molecular flexibility index (Phi) is 10.3. The number of methoxy groups -OCH3 is 1. The van der Waals surface area contributed by atoms with E-state index < -0.39 is 15.9 Å². The van der Waals surface area contributed by atoms with E-state index in [1.165, 1.54) is 17.4 Å². The second kappa shape index (κ2) is 14.7. The molecule has 2 bridgehead atoms. The Morgan fingerprint density at radius 1 is 1.00 bits per heavy atom. The highest BCUT2D eigenvalue weighted by Gasteiger charge is 2.51. The number of anilines is 1. The van der Waals surface area contributed by atoms with Gasteiger partial charge in [-0.25, -0.2) is 23.2 Å². The third kappa shape index (κ3) is 7.95. The molecule has 286 valence electrons. The van der Waals surface area contributed by atoms with Crippen molar-refractivity contribution in [3.05, 3.63) is 54.1 Å². The van der Waals surface area contributed by atoms with Crippen molar-refractivity contribution in [2.24, 2.45) is 17.3 Å². The number of carbonyl (C=O) groups excluding carboxylic acids is 2. The Bertz CT molecular complexity index is 1910. The Hall–Kier alpha value is -4.00. The fourth-order valence-electron chi connectivity index (χ4n) is 9.27. The molecule has 3 heterocycles. The first kappa shape index (κ1) is 37.3. The van der Waals surface area contributed by atoms with Crippen molar-refractivity contribution < 1.29 is 27.5 Å². The van der Waals surface area contributed by atoms with Crippen molar-refractivity contribution in [3.8, 4) is 17.0 Å². The maximum Gasteiger partial charge on any atom is 0.410 e. The van der Waals surface area contributed by atoms with Gasteiger partial charge in [0.05, 0.1) is 24.8 Å². The maximum atomic E-state index is 14.7. The Balaban J connectivity index is 1.05. The highest BCUT2D eigenvalue weighted by molar-refractivity contribution is 7.90. The van der Waals surface area contributed by atoms with Crippen molar-refractivity contribution in [1.29, 1.82) is 0 Å². The van der Waals surface area contributed by atoms with Crippen molar-refractivity contribution in [3.63, 3.8) is 0 Å². The summed E-state index contributed by atoms with van der Waals surface area (Å²) in [6, 6.07) is 8.81. The van der Waals surface area contributed by atoms with Gasteiger partial charge in [-0.15, -0.1) is 0 Å². The highest BCUT2D eigenvalue weighted by Crippen LogP contribution is 2.58. The monoisotopic (exact) mass is 746 g/mol. The average molecular weight is 747 g/mol. The molecule has 0 spiro atoms. The lowest BCUT2D eigenvalue weighted by Gasteiger charge is -2.55. The minimum absolute atomic E-state index is 0.00544. The summed E-state index contributed by atoms with van der Waals surface area (Å²) in [5.41, 5.74) is 4.35. The van der Waals surface area contributed by atoms with Crippen LogP contribution in [0.4, 0.5) is 10.6 Å². The standard InChI is InChI=1S/C40H54N6O6S/c1-27(2)46-23-31(20-43-46)34-19-36(42-26-41-34)45(25-39-12-15-40(16-13-39,17-14-39)32-8-11-35(51-4)28(3)18-32)37(47)30-6-9-33(10-7-30)52-38(48)44-21-29(22-44)24-53(5,49)50/h8,11,18-20,23,26-27,29-30,33H,6-7,9-10,12-17,21-22,24-25H2,1-5H3. The topological polar surface area (TPSA) is 137 Å².